The maximum absolute atomic E-state index is 14.4. The Kier molecular flexibility index (Phi) is 6.13. The summed E-state index contributed by atoms with van der Waals surface area (Å²) in [4.78, 5) is 0. The molecule has 0 amide bonds. The topological polar surface area (TPSA) is 0 Å². The van der Waals surface area contributed by atoms with Gasteiger partial charge >= 0.3 is 0 Å². The number of benzene rings is 1. The minimum absolute atomic E-state index is 0.113. The van der Waals surface area contributed by atoms with E-state index in [0.29, 0.717) is 17.4 Å². The van der Waals surface area contributed by atoms with Crippen LogP contribution < -0.4 is 0 Å². The SMILES string of the molecule is CC(C)Cc1cc(Br)c(CC(C)C)c(CCl)c1F. The summed E-state index contributed by atoms with van der Waals surface area (Å²) in [5.41, 5.74) is 2.44. The first-order valence-corrected chi connectivity index (χ1v) is 7.74. The lowest BCUT2D eigenvalue weighted by Crippen LogP contribution is -2.07. The van der Waals surface area contributed by atoms with E-state index in [1.165, 1.54) is 0 Å². The van der Waals surface area contributed by atoms with Crippen LogP contribution in [0.5, 0.6) is 0 Å². The fourth-order valence-electron chi connectivity index (χ4n) is 2.13. The first-order chi connectivity index (χ1) is 8.36. The molecular weight excluding hydrogens is 315 g/mol. The number of halogens is 3. The number of alkyl halides is 1. The highest BCUT2D eigenvalue weighted by atomic mass is 79.9. The van der Waals surface area contributed by atoms with Crippen LogP contribution in [0.4, 0.5) is 4.39 Å². The smallest absolute Gasteiger partial charge is 0.131 e. The van der Waals surface area contributed by atoms with Gasteiger partial charge in [-0.2, -0.15) is 0 Å². The predicted molar refractivity (Wildman–Crippen MR) is 80.7 cm³/mol. The van der Waals surface area contributed by atoms with Crippen molar-refractivity contribution in [1.29, 1.82) is 0 Å². The zero-order valence-corrected chi connectivity index (χ0v) is 13.8. The zero-order chi connectivity index (χ0) is 13.9. The van der Waals surface area contributed by atoms with Gasteiger partial charge in [-0.1, -0.05) is 43.6 Å². The molecule has 0 aliphatic rings. The highest BCUT2D eigenvalue weighted by molar-refractivity contribution is 9.10. The highest BCUT2D eigenvalue weighted by Gasteiger charge is 2.17. The van der Waals surface area contributed by atoms with Crippen LogP contribution in [0.15, 0.2) is 10.5 Å². The normalized spacial score (nSPS) is 11.6. The average Bonchev–Trinajstić information content (AvgIpc) is 2.24. The lowest BCUT2D eigenvalue weighted by atomic mass is 9.93. The second-order valence-corrected chi connectivity index (χ2v) is 6.74. The lowest BCUT2D eigenvalue weighted by molar-refractivity contribution is 0.559. The molecule has 0 saturated heterocycles. The van der Waals surface area contributed by atoms with Crippen molar-refractivity contribution in [2.24, 2.45) is 11.8 Å². The van der Waals surface area contributed by atoms with Crippen LogP contribution in [-0.2, 0) is 18.7 Å². The molecule has 0 nitrogen and oxygen atoms in total. The number of hydrogen-bond acceptors (Lipinski definition) is 0. The number of rotatable bonds is 5. The molecule has 0 aromatic heterocycles. The molecule has 102 valence electrons. The molecule has 0 atom stereocenters. The van der Waals surface area contributed by atoms with Crippen LogP contribution in [0.25, 0.3) is 0 Å². The maximum Gasteiger partial charge on any atom is 0.131 e. The second-order valence-electron chi connectivity index (χ2n) is 5.62. The van der Waals surface area contributed by atoms with E-state index in [9.17, 15) is 4.39 Å². The molecule has 0 bridgehead atoms. The van der Waals surface area contributed by atoms with Crippen molar-refractivity contribution in [2.45, 2.75) is 46.4 Å². The molecule has 1 rings (SSSR count). The Labute approximate surface area is 123 Å². The van der Waals surface area contributed by atoms with Crippen LogP contribution in [0.2, 0.25) is 0 Å². The van der Waals surface area contributed by atoms with Crippen molar-refractivity contribution < 1.29 is 4.39 Å². The van der Waals surface area contributed by atoms with Gasteiger partial charge in [0.05, 0.1) is 5.88 Å². The van der Waals surface area contributed by atoms with Crippen LogP contribution in [-0.4, -0.2) is 0 Å². The van der Waals surface area contributed by atoms with E-state index in [0.717, 1.165) is 28.4 Å². The third kappa shape index (κ3) is 3.96. The lowest BCUT2D eigenvalue weighted by Gasteiger charge is -2.17. The summed E-state index contributed by atoms with van der Waals surface area (Å²) in [7, 11) is 0. The Morgan fingerprint density at radius 1 is 1.11 bits per heavy atom. The molecule has 0 spiro atoms. The van der Waals surface area contributed by atoms with Crippen molar-refractivity contribution in [2.75, 3.05) is 0 Å². The van der Waals surface area contributed by atoms with Crippen molar-refractivity contribution in [3.8, 4) is 0 Å². The van der Waals surface area contributed by atoms with Crippen LogP contribution in [0.1, 0.15) is 44.4 Å². The highest BCUT2D eigenvalue weighted by Crippen LogP contribution is 2.31. The predicted octanol–water partition coefficient (Wildman–Crippen LogP) is 5.72. The zero-order valence-electron chi connectivity index (χ0n) is 11.5. The fourth-order valence-corrected chi connectivity index (χ4v) is 3.09. The van der Waals surface area contributed by atoms with Gasteiger partial charge < -0.3 is 0 Å². The molecule has 0 aliphatic heterocycles. The van der Waals surface area contributed by atoms with Crippen molar-refractivity contribution >= 4 is 27.5 Å². The van der Waals surface area contributed by atoms with Crippen LogP contribution >= 0.6 is 27.5 Å². The number of hydrogen-bond donors (Lipinski definition) is 0. The van der Waals surface area contributed by atoms with E-state index < -0.39 is 0 Å². The fraction of sp³-hybridized carbons (Fsp3) is 0.600. The summed E-state index contributed by atoms with van der Waals surface area (Å²) in [6.45, 7) is 8.44. The van der Waals surface area contributed by atoms with Crippen LogP contribution in [0, 0.1) is 17.7 Å². The molecule has 0 saturated carbocycles. The third-order valence-corrected chi connectivity index (χ3v) is 3.85. The Morgan fingerprint density at radius 2 is 1.67 bits per heavy atom. The largest absolute Gasteiger partial charge is 0.206 e. The quantitative estimate of drug-likeness (QED) is 0.603. The van der Waals surface area contributed by atoms with Crippen molar-refractivity contribution in [3.05, 3.63) is 33.0 Å². The Bertz CT molecular complexity index is 413. The summed E-state index contributed by atoms with van der Waals surface area (Å²) in [5.74, 6) is 1.04. The summed E-state index contributed by atoms with van der Waals surface area (Å²) in [5, 5.41) is 0. The summed E-state index contributed by atoms with van der Waals surface area (Å²) in [6, 6.07) is 1.92. The average molecular weight is 336 g/mol. The molecule has 18 heavy (non-hydrogen) atoms. The third-order valence-electron chi connectivity index (χ3n) is 2.87. The van der Waals surface area contributed by atoms with Crippen molar-refractivity contribution in [3.63, 3.8) is 0 Å². The summed E-state index contributed by atoms with van der Waals surface area (Å²) < 4.78 is 15.4. The second kappa shape index (κ2) is 6.91. The van der Waals surface area contributed by atoms with Crippen LogP contribution in [0.3, 0.4) is 0 Å². The van der Waals surface area contributed by atoms with Gasteiger partial charge in [0.25, 0.3) is 0 Å². The van der Waals surface area contributed by atoms with Gasteiger partial charge in [-0.25, -0.2) is 4.39 Å². The molecule has 0 N–H and O–H groups in total. The van der Waals surface area contributed by atoms with Gasteiger partial charge in [-0.15, -0.1) is 11.6 Å². The molecule has 0 fully saturated rings. The molecule has 1 aromatic carbocycles. The van der Waals surface area contributed by atoms with Gasteiger partial charge in [0.2, 0.25) is 0 Å². The van der Waals surface area contributed by atoms with E-state index in [-0.39, 0.29) is 11.7 Å². The Balaban J connectivity index is 3.26. The molecule has 0 radical (unpaired) electrons. The molecule has 0 aliphatic carbocycles. The van der Waals surface area contributed by atoms with Gasteiger partial charge in [0, 0.05) is 10.0 Å². The minimum Gasteiger partial charge on any atom is -0.206 e. The van der Waals surface area contributed by atoms with Gasteiger partial charge in [0.1, 0.15) is 5.82 Å². The molecule has 1 aromatic rings. The standard InChI is InChI=1S/C15H21BrClF/c1-9(2)5-11-7-14(16)12(6-10(3)4)13(8-17)15(11)18/h7,9-10H,5-6,8H2,1-4H3. The van der Waals surface area contributed by atoms with Gasteiger partial charge in [0.15, 0.2) is 0 Å². The summed E-state index contributed by atoms with van der Waals surface area (Å²) in [6.07, 6.45) is 1.60. The monoisotopic (exact) mass is 334 g/mol. The minimum atomic E-state index is -0.113. The van der Waals surface area contributed by atoms with E-state index in [1.54, 1.807) is 0 Å². The van der Waals surface area contributed by atoms with Gasteiger partial charge in [-0.05, 0) is 41.9 Å². The van der Waals surface area contributed by atoms with E-state index in [4.69, 9.17) is 11.6 Å². The maximum atomic E-state index is 14.4. The molecule has 0 heterocycles. The Morgan fingerprint density at radius 3 is 2.11 bits per heavy atom. The van der Waals surface area contributed by atoms with Crippen molar-refractivity contribution in [1.82, 2.24) is 0 Å². The van der Waals surface area contributed by atoms with Gasteiger partial charge in [-0.3, -0.25) is 0 Å². The van der Waals surface area contributed by atoms with E-state index in [1.807, 2.05) is 6.07 Å². The van der Waals surface area contributed by atoms with E-state index >= 15 is 0 Å². The first kappa shape index (κ1) is 16.0. The molecule has 0 unspecified atom stereocenters. The molecule has 3 heteroatoms. The Hall–Kier alpha value is -0.0800. The molecular formula is C15H21BrClF. The first-order valence-electron chi connectivity index (χ1n) is 6.41. The summed E-state index contributed by atoms with van der Waals surface area (Å²) >= 11 is 9.51. The van der Waals surface area contributed by atoms with E-state index in [2.05, 4.69) is 43.6 Å².